The normalized spacial score (nSPS) is 13.1. The van der Waals surface area contributed by atoms with Gasteiger partial charge in [-0.2, -0.15) is 0 Å². The standard InChI is InChI=1S/C9H16N2OS/c1-2-3-4-5-7(12)8-6-11-9(10)13-8/h6-7,12H,2-5H2,1H3,(H2,10,11). The van der Waals surface area contributed by atoms with E-state index in [2.05, 4.69) is 11.9 Å². The summed E-state index contributed by atoms with van der Waals surface area (Å²) >= 11 is 1.37. The first kappa shape index (κ1) is 10.5. The number of aliphatic hydroxyl groups excluding tert-OH is 1. The Hall–Kier alpha value is -0.610. The van der Waals surface area contributed by atoms with Crippen LogP contribution in [0.1, 0.15) is 43.6 Å². The molecule has 4 heteroatoms. The minimum Gasteiger partial charge on any atom is -0.388 e. The van der Waals surface area contributed by atoms with Crippen molar-refractivity contribution < 1.29 is 5.11 Å². The van der Waals surface area contributed by atoms with Gasteiger partial charge in [0.1, 0.15) is 0 Å². The van der Waals surface area contributed by atoms with Crippen LogP contribution in [0, 0.1) is 0 Å². The Morgan fingerprint density at radius 3 is 2.92 bits per heavy atom. The highest BCUT2D eigenvalue weighted by atomic mass is 32.1. The molecule has 0 aliphatic rings. The van der Waals surface area contributed by atoms with Gasteiger partial charge in [0.05, 0.1) is 11.0 Å². The van der Waals surface area contributed by atoms with Crippen molar-refractivity contribution in [1.29, 1.82) is 0 Å². The second-order valence-electron chi connectivity index (χ2n) is 3.11. The van der Waals surface area contributed by atoms with E-state index in [4.69, 9.17) is 5.73 Å². The number of aliphatic hydroxyl groups is 1. The molecule has 0 saturated carbocycles. The number of unbranched alkanes of at least 4 members (excludes halogenated alkanes) is 2. The average molecular weight is 200 g/mol. The molecule has 74 valence electrons. The Balaban J connectivity index is 2.35. The van der Waals surface area contributed by atoms with Gasteiger partial charge in [0.25, 0.3) is 0 Å². The number of aromatic nitrogens is 1. The average Bonchev–Trinajstić information content (AvgIpc) is 2.52. The zero-order valence-electron chi connectivity index (χ0n) is 7.86. The Labute approximate surface area is 82.6 Å². The molecule has 0 spiro atoms. The number of nitrogens with zero attached hydrogens (tertiary/aromatic N) is 1. The lowest BCUT2D eigenvalue weighted by atomic mass is 10.1. The van der Waals surface area contributed by atoms with Crippen LogP contribution in [0.4, 0.5) is 5.13 Å². The van der Waals surface area contributed by atoms with Crippen molar-refractivity contribution in [3.63, 3.8) is 0 Å². The number of nitrogens with two attached hydrogens (primary N) is 1. The molecule has 1 aromatic rings. The maximum absolute atomic E-state index is 9.68. The van der Waals surface area contributed by atoms with E-state index in [9.17, 15) is 5.11 Å². The lowest BCUT2D eigenvalue weighted by molar-refractivity contribution is 0.167. The van der Waals surface area contributed by atoms with E-state index in [0.717, 1.165) is 17.7 Å². The number of nitrogen functional groups attached to an aromatic ring is 1. The second-order valence-corrected chi connectivity index (χ2v) is 4.21. The maximum Gasteiger partial charge on any atom is 0.180 e. The van der Waals surface area contributed by atoms with Gasteiger partial charge in [-0.15, -0.1) is 0 Å². The molecule has 0 fully saturated rings. The fraction of sp³-hybridized carbons (Fsp3) is 0.667. The van der Waals surface area contributed by atoms with Gasteiger partial charge in [-0.05, 0) is 6.42 Å². The Morgan fingerprint density at radius 1 is 1.62 bits per heavy atom. The van der Waals surface area contributed by atoms with Gasteiger partial charge in [-0.1, -0.05) is 37.5 Å². The number of hydrogen-bond donors (Lipinski definition) is 2. The molecule has 3 nitrogen and oxygen atoms in total. The number of anilines is 1. The molecule has 1 atom stereocenters. The zero-order valence-corrected chi connectivity index (χ0v) is 8.68. The van der Waals surface area contributed by atoms with E-state index in [1.54, 1.807) is 6.20 Å². The van der Waals surface area contributed by atoms with Gasteiger partial charge >= 0.3 is 0 Å². The van der Waals surface area contributed by atoms with Crippen LogP contribution in [-0.4, -0.2) is 10.1 Å². The monoisotopic (exact) mass is 200 g/mol. The maximum atomic E-state index is 9.68. The van der Waals surface area contributed by atoms with Crippen LogP contribution < -0.4 is 5.73 Å². The lowest BCUT2D eigenvalue weighted by Gasteiger charge is -2.05. The summed E-state index contributed by atoms with van der Waals surface area (Å²) < 4.78 is 0. The van der Waals surface area contributed by atoms with Gasteiger partial charge in [-0.25, -0.2) is 4.98 Å². The summed E-state index contributed by atoms with van der Waals surface area (Å²) in [6.07, 6.45) is 5.52. The molecule has 1 rings (SSSR count). The summed E-state index contributed by atoms with van der Waals surface area (Å²) in [6, 6.07) is 0. The fourth-order valence-corrected chi connectivity index (χ4v) is 1.89. The molecular formula is C9H16N2OS. The van der Waals surface area contributed by atoms with E-state index in [1.165, 1.54) is 24.2 Å². The molecular weight excluding hydrogens is 184 g/mol. The lowest BCUT2D eigenvalue weighted by Crippen LogP contribution is -1.93. The summed E-state index contributed by atoms with van der Waals surface area (Å²) in [5, 5.41) is 10.2. The van der Waals surface area contributed by atoms with Gasteiger partial charge < -0.3 is 10.8 Å². The summed E-state index contributed by atoms with van der Waals surface area (Å²) in [5.74, 6) is 0. The van der Waals surface area contributed by atoms with Crippen LogP contribution in [0.25, 0.3) is 0 Å². The topological polar surface area (TPSA) is 59.1 Å². The predicted octanol–water partition coefficient (Wildman–Crippen LogP) is 2.34. The van der Waals surface area contributed by atoms with Crippen molar-refractivity contribution in [1.82, 2.24) is 4.98 Å². The third-order valence-corrected chi connectivity index (χ3v) is 2.88. The SMILES string of the molecule is CCCCCC(O)c1cnc(N)s1. The van der Waals surface area contributed by atoms with Crippen molar-refractivity contribution in [2.24, 2.45) is 0 Å². The number of hydrogen-bond acceptors (Lipinski definition) is 4. The highest BCUT2D eigenvalue weighted by Gasteiger charge is 2.09. The Bertz CT molecular complexity index is 250. The van der Waals surface area contributed by atoms with E-state index in [0.29, 0.717) is 5.13 Å². The third-order valence-electron chi connectivity index (χ3n) is 1.95. The minimum absolute atomic E-state index is 0.374. The van der Waals surface area contributed by atoms with Crippen LogP contribution in [0.15, 0.2) is 6.20 Å². The van der Waals surface area contributed by atoms with Crippen LogP contribution in [0.2, 0.25) is 0 Å². The van der Waals surface area contributed by atoms with E-state index < -0.39 is 0 Å². The second kappa shape index (κ2) is 5.19. The molecule has 1 unspecified atom stereocenters. The summed E-state index contributed by atoms with van der Waals surface area (Å²) in [5.41, 5.74) is 5.47. The van der Waals surface area contributed by atoms with Crippen molar-refractivity contribution in [3.05, 3.63) is 11.1 Å². The first-order valence-corrected chi connectivity index (χ1v) is 5.45. The van der Waals surface area contributed by atoms with Gasteiger partial charge in [0, 0.05) is 6.20 Å². The van der Waals surface area contributed by atoms with Crippen LogP contribution in [0.3, 0.4) is 0 Å². The van der Waals surface area contributed by atoms with E-state index in [-0.39, 0.29) is 6.10 Å². The quantitative estimate of drug-likeness (QED) is 0.717. The predicted molar refractivity (Wildman–Crippen MR) is 55.6 cm³/mol. The van der Waals surface area contributed by atoms with Crippen LogP contribution in [-0.2, 0) is 0 Å². The molecule has 0 aromatic carbocycles. The molecule has 0 bridgehead atoms. The molecule has 0 amide bonds. The minimum atomic E-state index is -0.374. The Kier molecular flexibility index (Phi) is 4.18. The molecule has 3 N–H and O–H groups in total. The van der Waals surface area contributed by atoms with Gasteiger partial charge in [0.2, 0.25) is 0 Å². The van der Waals surface area contributed by atoms with Gasteiger partial charge in [0.15, 0.2) is 5.13 Å². The molecule has 1 aromatic heterocycles. The van der Waals surface area contributed by atoms with E-state index >= 15 is 0 Å². The van der Waals surface area contributed by atoms with Crippen molar-refractivity contribution in [3.8, 4) is 0 Å². The number of thiazole rings is 1. The molecule has 1 heterocycles. The molecule has 13 heavy (non-hydrogen) atoms. The zero-order chi connectivity index (χ0) is 9.68. The number of rotatable bonds is 5. The molecule has 0 saturated heterocycles. The summed E-state index contributed by atoms with van der Waals surface area (Å²) in [6.45, 7) is 2.15. The van der Waals surface area contributed by atoms with Crippen molar-refractivity contribution in [2.75, 3.05) is 5.73 Å². The fourth-order valence-electron chi connectivity index (χ4n) is 1.18. The molecule has 0 aliphatic heterocycles. The summed E-state index contributed by atoms with van der Waals surface area (Å²) in [7, 11) is 0. The van der Waals surface area contributed by atoms with Crippen LogP contribution in [0.5, 0.6) is 0 Å². The van der Waals surface area contributed by atoms with E-state index in [1.807, 2.05) is 0 Å². The Morgan fingerprint density at radius 2 is 2.38 bits per heavy atom. The smallest absolute Gasteiger partial charge is 0.180 e. The van der Waals surface area contributed by atoms with Crippen molar-refractivity contribution in [2.45, 2.75) is 38.7 Å². The van der Waals surface area contributed by atoms with Crippen LogP contribution >= 0.6 is 11.3 Å². The highest BCUT2D eigenvalue weighted by molar-refractivity contribution is 7.15. The van der Waals surface area contributed by atoms with Crippen molar-refractivity contribution >= 4 is 16.5 Å². The first-order valence-electron chi connectivity index (χ1n) is 4.63. The largest absolute Gasteiger partial charge is 0.388 e. The first-order chi connectivity index (χ1) is 6.24. The summed E-state index contributed by atoms with van der Waals surface area (Å²) in [4.78, 5) is 4.79. The third kappa shape index (κ3) is 3.32. The molecule has 0 aliphatic carbocycles. The van der Waals surface area contributed by atoms with Gasteiger partial charge in [-0.3, -0.25) is 0 Å². The highest BCUT2D eigenvalue weighted by Crippen LogP contribution is 2.25. The molecule has 0 radical (unpaired) electrons.